The highest BCUT2D eigenvalue weighted by molar-refractivity contribution is 8.76. The molecule has 2 unspecified atom stereocenters. The molecule has 1 aromatic carbocycles. The van der Waals surface area contributed by atoms with E-state index in [2.05, 4.69) is 19.2 Å². The van der Waals surface area contributed by atoms with Crippen molar-refractivity contribution in [2.75, 3.05) is 25.3 Å². The number of likely N-dealkylation sites (N-methyl/N-ethyl adjacent to an activating group) is 1. The van der Waals surface area contributed by atoms with Crippen LogP contribution in [0.25, 0.3) is 0 Å². The summed E-state index contributed by atoms with van der Waals surface area (Å²) in [5.74, 6) is -1.74. The molecule has 4 rings (SSSR count). The van der Waals surface area contributed by atoms with Gasteiger partial charge in [-0.05, 0) is 69.9 Å². The zero-order chi connectivity index (χ0) is 40.3. The summed E-state index contributed by atoms with van der Waals surface area (Å²) in [7, 11) is 6.64. The summed E-state index contributed by atoms with van der Waals surface area (Å²) in [6.45, 7) is 15.2. The molecule has 300 valence electrons. The quantitative estimate of drug-likeness (QED) is 0.149. The number of amides is 3. The first-order valence-corrected chi connectivity index (χ1v) is 21.7. The summed E-state index contributed by atoms with van der Waals surface area (Å²) < 4.78 is 18.2. The number of anilines is 1. The molecule has 9 atom stereocenters. The number of allylic oxidation sites excluding steroid dienone is 3. The molecule has 0 spiro atoms. The zero-order valence-corrected chi connectivity index (χ0v) is 35.8. The lowest BCUT2D eigenvalue weighted by Crippen LogP contribution is -2.60. The van der Waals surface area contributed by atoms with Gasteiger partial charge in [-0.15, -0.1) is 0 Å². The van der Waals surface area contributed by atoms with Gasteiger partial charge >= 0.3 is 12.1 Å². The van der Waals surface area contributed by atoms with E-state index >= 15 is 0 Å². The second-order valence-electron chi connectivity index (χ2n) is 15.7. The Balaban J connectivity index is 1.67. The van der Waals surface area contributed by atoms with Crippen molar-refractivity contribution in [3.8, 4) is 0 Å². The van der Waals surface area contributed by atoms with E-state index in [4.69, 9.17) is 25.8 Å². The Bertz CT molecular complexity index is 1640. The molecular weight excluding hydrogens is 750 g/mol. The first-order chi connectivity index (χ1) is 25.2. The van der Waals surface area contributed by atoms with Crippen molar-refractivity contribution >= 4 is 62.8 Å². The number of esters is 1. The number of halogens is 1. The number of carbonyl (C=O) groups is 4. The summed E-state index contributed by atoms with van der Waals surface area (Å²) in [6, 6.07) is 2.93. The van der Waals surface area contributed by atoms with Crippen LogP contribution in [0.15, 0.2) is 35.9 Å². The van der Waals surface area contributed by atoms with Crippen molar-refractivity contribution < 1.29 is 38.5 Å². The Morgan fingerprint density at radius 1 is 1.20 bits per heavy atom. The Kier molecular flexibility index (Phi) is 14.7. The fraction of sp³-hybridized carbons (Fsp3) is 0.650. The van der Waals surface area contributed by atoms with E-state index < -0.39 is 59.6 Å². The van der Waals surface area contributed by atoms with Gasteiger partial charge in [-0.1, -0.05) is 90.8 Å². The highest BCUT2D eigenvalue weighted by Gasteiger charge is 2.64. The molecule has 2 N–H and O–H groups in total. The van der Waals surface area contributed by atoms with Crippen molar-refractivity contribution in [3.63, 3.8) is 0 Å². The van der Waals surface area contributed by atoms with Crippen molar-refractivity contribution in [3.05, 3.63) is 52.1 Å². The van der Waals surface area contributed by atoms with Crippen LogP contribution >= 0.6 is 33.2 Å². The average molecular weight is 809 g/mol. The van der Waals surface area contributed by atoms with Gasteiger partial charge in [0.1, 0.15) is 29.6 Å². The number of nitrogens with zero attached hydrogens (tertiary/aromatic N) is 2. The maximum absolute atomic E-state index is 14.2. The van der Waals surface area contributed by atoms with Crippen LogP contribution in [0.2, 0.25) is 5.02 Å². The third-order valence-corrected chi connectivity index (χ3v) is 14.3. The Morgan fingerprint density at radius 2 is 1.89 bits per heavy atom. The lowest BCUT2D eigenvalue weighted by Gasteiger charge is -2.41. The van der Waals surface area contributed by atoms with Crippen molar-refractivity contribution in [2.24, 2.45) is 17.8 Å². The third-order valence-electron chi connectivity index (χ3n) is 11.3. The highest BCUT2D eigenvalue weighted by Crippen LogP contribution is 2.49. The monoisotopic (exact) mass is 807 g/mol. The smallest absolute Gasteiger partial charge is 0.409 e. The molecule has 3 amide bonds. The first-order valence-electron chi connectivity index (χ1n) is 18.7. The Labute approximate surface area is 333 Å². The van der Waals surface area contributed by atoms with E-state index in [1.807, 2.05) is 64.3 Å². The van der Waals surface area contributed by atoms with E-state index in [0.717, 1.165) is 16.7 Å². The van der Waals surface area contributed by atoms with Gasteiger partial charge < -0.3 is 29.1 Å². The lowest BCUT2D eigenvalue weighted by molar-refractivity contribution is -0.162. The van der Waals surface area contributed by atoms with Crippen LogP contribution < -0.4 is 10.2 Å². The molecule has 2 fully saturated rings. The van der Waals surface area contributed by atoms with Crippen molar-refractivity contribution in [1.82, 2.24) is 10.2 Å². The zero-order valence-electron chi connectivity index (χ0n) is 33.4. The minimum atomic E-state index is -1.59. The third kappa shape index (κ3) is 10.2. The van der Waals surface area contributed by atoms with Gasteiger partial charge in [-0.25, -0.2) is 9.59 Å². The van der Waals surface area contributed by atoms with Crippen LogP contribution in [-0.2, 0) is 35.0 Å². The summed E-state index contributed by atoms with van der Waals surface area (Å²) >= 11 is 6.79. The largest absolute Gasteiger partial charge is 0.457 e. The normalized spacial score (nSPS) is 31.6. The number of benzene rings is 1. The van der Waals surface area contributed by atoms with E-state index in [9.17, 15) is 24.3 Å². The minimum absolute atomic E-state index is 0.0802. The number of aliphatic hydroxyl groups is 1. The molecule has 54 heavy (non-hydrogen) atoms. The van der Waals surface area contributed by atoms with E-state index in [1.165, 1.54) is 9.80 Å². The number of alkyl carbamates (subject to hydrolysis) is 1. The van der Waals surface area contributed by atoms with Crippen LogP contribution in [0, 0.1) is 24.7 Å². The topological polar surface area (TPSA) is 138 Å². The number of rotatable bonds is 9. The lowest BCUT2D eigenvalue weighted by atomic mass is 9.82. The van der Waals surface area contributed by atoms with Gasteiger partial charge in [0.15, 0.2) is 0 Å². The molecule has 2 saturated heterocycles. The molecule has 14 heteroatoms. The van der Waals surface area contributed by atoms with Gasteiger partial charge in [0, 0.05) is 44.0 Å². The van der Waals surface area contributed by atoms with Crippen LogP contribution in [0.1, 0.15) is 85.3 Å². The number of carbonyl (C=O) groups excluding carboxylic acids is 4. The minimum Gasteiger partial charge on any atom is -0.457 e. The molecule has 0 aliphatic carbocycles. The number of nitrogens with one attached hydrogen (secondary N) is 1. The maximum Gasteiger partial charge on any atom is 0.409 e. The second-order valence-corrected chi connectivity index (χ2v) is 18.8. The molecule has 11 nitrogen and oxygen atoms in total. The first kappa shape index (κ1) is 44.0. The Hall–Kier alpha value is -2.71. The van der Waals surface area contributed by atoms with E-state index in [0.29, 0.717) is 34.7 Å². The van der Waals surface area contributed by atoms with Crippen LogP contribution in [0.5, 0.6) is 0 Å². The van der Waals surface area contributed by atoms with Crippen LogP contribution in [0.3, 0.4) is 0 Å². The number of ether oxygens (including phenoxy) is 3. The van der Waals surface area contributed by atoms with Crippen molar-refractivity contribution in [1.29, 1.82) is 0 Å². The Morgan fingerprint density at radius 3 is 2.54 bits per heavy atom. The molecule has 1 aromatic rings. The number of fused-ring (bicyclic) bond motifs is 5. The van der Waals surface area contributed by atoms with Gasteiger partial charge in [-0.3, -0.25) is 14.9 Å². The molecule has 3 aliphatic heterocycles. The van der Waals surface area contributed by atoms with E-state index in [1.54, 1.807) is 49.5 Å². The van der Waals surface area contributed by atoms with Gasteiger partial charge in [0.05, 0.1) is 23.2 Å². The van der Waals surface area contributed by atoms with Crippen molar-refractivity contribution in [2.45, 2.75) is 128 Å². The predicted molar refractivity (Wildman–Crippen MR) is 216 cm³/mol. The molecule has 0 radical (unpaired) electrons. The van der Waals surface area contributed by atoms with Crippen LogP contribution in [-0.4, -0.2) is 95.2 Å². The molecule has 4 bridgehead atoms. The summed E-state index contributed by atoms with van der Waals surface area (Å²) in [5.41, 5.74) is 0.555. The number of epoxide rings is 1. The number of hydrogen-bond donors (Lipinski definition) is 2. The number of hydrogen-bond acceptors (Lipinski definition) is 10. The predicted octanol–water partition coefficient (Wildman–Crippen LogP) is 7.25. The molecule has 0 aromatic heterocycles. The molecule has 3 heterocycles. The maximum atomic E-state index is 14.2. The molecule has 0 saturated carbocycles. The summed E-state index contributed by atoms with van der Waals surface area (Å²) in [4.78, 5) is 57.0. The average Bonchev–Trinajstić information content (AvgIpc) is 3.80. The summed E-state index contributed by atoms with van der Waals surface area (Å²) in [6.07, 6.45) is 5.88. The van der Waals surface area contributed by atoms with Gasteiger partial charge in [0.2, 0.25) is 11.8 Å². The van der Waals surface area contributed by atoms with Crippen LogP contribution in [0.4, 0.5) is 10.5 Å². The molecular formula is C40H58ClN3O8S2. The molecule has 3 aliphatic rings. The second kappa shape index (κ2) is 18.0. The standard InChI is InChI=1S/C40H58ClN3O8S2/c1-22(2)31(54-53-11)15-16-33(45)43(9)27(7)37(47)51-32-20-34(46)44(10)29-19-28(18-24(4)35(29)41)17-23(3)13-12-14-25(5)40(49)21-30(50-38(48)42-40)26(6)36-39(32,8)52-36/h12-14,18-19,22,25-27,30-32,36,49H,15-17,20-21H2,1-11H3,(H,42,48)/b14-12+,23-13+/t25-,26-,27-,30+,31?,32?,36+,39+,40+/m1/s1. The van der Waals surface area contributed by atoms with Gasteiger partial charge in [-0.2, -0.15) is 0 Å². The fourth-order valence-electron chi connectivity index (χ4n) is 7.22. The fourth-order valence-corrected chi connectivity index (χ4v) is 9.83. The number of aryl methyl sites for hydroxylation is 1. The highest BCUT2D eigenvalue weighted by atomic mass is 35.5. The van der Waals surface area contributed by atoms with Gasteiger partial charge in [0.25, 0.3) is 0 Å². The van der Waals surface area contributed by atoms with E-state index in [-0.39, 0.29) is 31.1 Å². The SMILES string of the molecule is CSSC(CCC(=O)N(C)[C@H](C)C(=O)OC1CC(=O)N(C)c2cc(cc(C)c2Cl)C/C(C)=C/C=C/[C@@H](C)[C@@]2(O)C[C@H](OC(=O)N2)[C@@H](C)[C@@H]2O[C@@]12C)C(C)C. The summed E-state index contributed by atoms with van der Waals surface area (Å²) in [5, 5.41) is 15.0.